The van der Waals surface area contributed by atoms with Gasteiger partial charge in [-0.3, -0.25) is 0 Å². The number of rotatable bonds is 1. The maximum Gasteiger partial charge on any atom is 0.238 e. The number of anilines is 2. The highest BCUT2D eigenvalue weighted by molar-refractivity contribution is 6.20. The van der Waals surface area contributed by atoms with Crippen LogP contribution in [0.2, 0.25) is 0 Å². The molecule has 2 aromatic heterocycles. The van der Waals surface area contributed by atoms with Crippen LogP contribution in [0.4, 0.5) is 17.3 Å². The molecule has 0 spiro atoms. The number of aromatic nitrogens is 3. The van der Waals surface area contributed by atoms with Gasteiger partial charge in [0.15, 0.2) is 0 Å². The number of para-hydroxylation sites is 1. The molecular formula is C19H14N6. The first kappa shape index (κ1) is 13.7. The van der Waals surface area contributed by atoms with Gasteiger partial charge in [-0.1, -0.05) is 30.3 Å². The largest absolute Gasteiger partial charge is 0.399 e. The molecule has 5 rings (SSSR count). The number of nitrogens with zero attached hydrogens (tertiary/aromatic N) is 4. The van der Waals surface area contributed by atoms with E-state index in [1.54, 1.807) is 4.52 Å². The highest BCUT2D eigenvalue weighted by Gasteiger charge is 2.23. The molecule has 1 aliphatic rings. The monoisotopic (exact) mass is 326 g/mol. The van der Waals surface area contributed by atoms with Gasteiger partial charge < -0.3 is 11.5 Å². The van der Waals surface area contributed by atoms with Gasteiger partial charge in [0.25, 0.3) is 0 Å². The molecular weight excluding hydrogens is 312 g/mol. The topological polar surface area (TPSA) is 94.6 Å². The molecule has 0 fully saturated rings. The van der Waals surface area contributed by atoms with E-state index in [1.807, 2.05) is 60.8 Å². The summed E-state index contributed by atoms with van der Waals surface area (Å²) in [6, 6.07) is 17.6. The molecule has 2 aromatic carbocycles. The second kappa shape index (κ2) is 4.91. The lowest BCUT2D eigenvalue weighted by atomic mass is 10.0. The summed E-state index contributed by atoms with van der Waals surface area (Å²) in [6.07, 6.45) is 1.88. The zero-order valence-corrected chi connectivity index (χ0v) is 13.2. The molecule has 0 saturated heterocycles. The number of hydrogen-bond acceptors (Lipinski definition) is 5. The number of benzene rings is 2. The first-order chi connectivity index (χ1) is 12.2. The fourth-order valence-corrected chi connectivity index (χ4v) is 3.23. The Morgan fingerprint density at radius 3 is 2.48 bits per heavy atom. The Morgan fingerprint density at radius 1 is 0.840 bits per heavy atom. The first-order valence-electron chi connectivity index (χ1n) is 7.90. The highest BCUT2D eigenvalue weighted by atomic mass is 15.3. The average molecular weight is 326 g/mol. The van der Waals surface area contributed by atoms with E-state index in [0.29, 0.717) is 0 Å². The predicted molar refractivity (Wildman–Crippen MR) is 99.0 cm³/mol. The molecule has 3 heterocycles. The molecule has 0 unspecified atom stereocenters. The molecule has 0 radical (unpaired) electrons. The van der Waals surface area contributed by atoms with E-state index in [4.69, 9.17) is 16.5 Å². The van der Waals surface area contributed by atoms with E-state index in [-0.39, 0.29) is 5.95 Å². The van der Waals surface area contributed by atoms with Gasteiger partial charge in [-0.05, 0) is 24.3 Å². The van der Waals surface area contributed by atoms with Gasteiger partial charge in [-0.15, -0.1) is 5.10 Å². The van der Waals surface area contributed by atoms with Crippen LogP contribution in [0.1, 0.15) is 11.1 Å². The van der Waals surface area contributed by atoms with Crippen molar-refractivity contribution in [3.8, 4) is 11.3 Å². The van der Waals surface area contributed by atoms with Gasteiger partial charge in [-0.2, -0.15) is 0 Å². The molecule has 0 aliphatic carbocycles. The number of hydrogen-bond donors (Lipinski definition) is 2. The summed E-state index contributed by atoms with van der Waals surface area (Å²) in [7, 11) is 0. The summed E-state index contributed by atoms with van der Waals surface area (Å²) in [5.41, 5.74) is 18.8. The number of nitrogens with two attached hydrogens (primary N) is 2. The quantitative estimate of drug-likeness (QED) is 0.463. The van der Waals surface area contributed by atoms with Gasteiger partial charge in [0.1, 0.15) is 11.2 Å². The van der Waals surface area contributed by atoms with Crippen LogP contribution in [-0.4, -0.2) is 20.3 Å². The third-order valence-electron chi connectivity index (χ3n) is 4.36. The lowest BCUT2D eigenvalue weighted by molar-refractivity contribution is 0.920. The summed E-state index contributed by atoms with van der Waals surface area (Å²) in [4.78, 5) is 9.43. The summed E-state index contributed by atoms with van der Waals surface area (Å²) in [5, 5.41) is 4.30. The Kier molecular flexibility index (Phi) is 2.70. The van der Waals surface area contributed by atoms with Crippen molar-refractivity contribution in [1.29, 1.82) is 0 Å². The minimum Gasteiger partial charge on any atom is -0.399 e. The van der Waals surface area contributed by atoms with E-state index in [2.05, 4.69) is 10.1 Å². The number of fused-ring (bicyclic) bond motifs is 2. The van der Waals surface area contributed by atoms with Gasteiger partial charge in [0.05, 0.1) is 11.4 Å². The van der Waals surface area contributed by atoms with E-state index in [9.17, 15) is 0 Å². The minimum atomic E-state index is 0.232. The third-order valence-corrected chi connectivity index (χ3v) is 4.36. The Hall–Kier alpha value is -3.67. The Morgan fingerprint density at radius 2 is 1.64 bits per heavy atom. The summed E-state index contributed by atoms with van der Waals surface area (Å²) in [6.45, 7) is 0. The zero-order chi connectivity index (χ0) is 17.0. The minimum absolute atomic E-state index is 0.232. The van der Waals surface area contributed by atoms with Crippen molar-refractivity contribution in [1.82, 2.24) is 14.6 Å². The van der Waals surface area contributed by atoms with Crippen LogP contribution < -0.4 is 11.5 Å². The molecule has 0 amide bonds. The van der Waals surface area contributed by atoms with Crippen LogP contribution >= 0.6 is 0 Å². The number of aliphatic imine (C=N–C) groups is 1. The fraction of sp³-hybridized carbons (Fsp3) is 0. The van der Waals surface area contributed by atoms with Gasteiger partial charge in [0, 0.05) is 28.6 Å². The van der Waals surface area contributed by atoms with E-state index < -0.39 is 0 Å². The molecule has 0 atom stereocenters. The van der Waals surface area contributed by atoms with Crippen molar-refractivity contribution in [3.63, 3.8) is 0 Å². The first-order valence-corrected chi connectivity index (χ1v) is 7.90. The van der Waals surface area contributed by atoms with Crippen molar-refractivity contribution in [2.45, 2.75) is 0 Å². The lowest BCUT2D eigenvalue weighted by Crippen LogP contribution is -2.05. The molecule has 0 saturated carbocycles. The predicted octanol–water partition coefficient (Wildman–Crippen LogP) is 3.04. The molecule has 25 heavy (non-hydrogen) atoms. The van der Waals surface area contributed by atoms with Crippen molar-refractivity contribution < 1.29 is 0 Å². The maximum absolute atomic E-state index is 5.91. The maximum atomic E-state index is 5.91. The average Bonchev–Trinajstić information content (AvgIpc) is 2.97. The second-order valence-corrected chi connectivity index (χ2v) is 5.94. The molecule has 6 heteroatoms. The Balaban J connectivity index is 1.91. The SMILES string of the molecule is Nc1ccc(C2=Nc3ccccc3-c3nc(N)nn4ccc2c34)cc1. The van der Waals surface area contributed by atoms with Crippen LogP contribution in [-0.2, 0) is 0 Å². The van der Waals surface area contributed by atoms with Crippen LogP contribution in [0.5, 0.6) is 0 Å². The number of nitrogen functional groups attached to an aromatic ring is 2. The third kappa shape index (κ3) is 2.01. The van der Waals surface area contributed by atoms with E-state index in [1.165, 1.54) is 0 Å². The van der Waals surface area contributed by atoms with Crippen molar-refractivity contribution in [2.24, 2.45) is 4.99 Å². The molecule has 4 aromatic rings. The van der Waals surface area contributed by atoms with Crippen LogP contribution in [0.25, 0.3) is 16.8 Å². The molecule has 1 aliphatic heterocycles. The highest BCUT2D eigenvalue weighted by Crippen LogP contribution is 2.38. The van der Waals surface area contributed by atoms with E-state index >= 15 is 0 Å². The zero-order valence-electron chi connectivity index (χ0n) is 13.2. The van der Waals surface area contributed by atoms with Crippen LogP contribution in [0, 0.1) is 0 Å². The van der Waals surface area contributed by atoms with Crippen molar-refractivity contribution in [3.05, 3.63) is 71.9 Å². The Bertz CT molecular complexity index is 1150. The van der Waals surface area contributed by atoms with E-state index in [0.717, 1.165) is 45.0 Å². The molecule has 4 N–H and O–H groups in total. The smallest absolute Gasteiger partial charge is 0.238 e. The lowest BCUT2D eigenvalue weighted by Gasteiger charge is -2.06. The normalized spacial score (nSPS) is 12.6. The molecule has 6 nitrogen and oxygen atoms in total. The van der Waals surface area contributed by atoms with Crippen molar-refractivity contribution in [2.75, 3.05) is 11.5 Å². The van der Waals surface area contributed by atoms with Crippen LogP contribution in [0.15, 0.2) is 65.8 Å². The summed E-state index contributed by atoms with van der Waals surface area (Å²) in [5.74, 6) is 0.232. The molecule has 0 bridgehead atoms. The standard InChI is InChI=1S/C19H14N6/c20-12-7-5-11(6-8-12)16-14-9-10-25-18(14)17(23-19(21)24-25)13-3-1-2-4-15(13)22-16/h1-10H,20H2,(H2,21,24). The second-order valence-electron chi connectivity index (χ2n) is 5.94. The van der Waals surface area contributed by atoms with Gasteiger partial charge in [0.2, 0.25) is 5.95 Å². The van der Waals surface area contributed by atoms with Gasteiger partial charge >= 0.3 is 0 Å². The molecule has 120 valence electrons. The summed E-state index contributed by atoms with van der Waals surface area (Å²) < 4.78 is 1.77. The Labute approximate surface area is 143 Å². The van der Waals surface area contributed by atoms with Crippen molar-refractivity contribution >= 4 is 28.6 Å². The summed E-state index contributed by atoms with van der Waals surface area (Å²) >= 11 is 0. The van der Waals surface area contributed by atoms with Gasteiger partial charge in [-0.25, -0.2) is 14.5 Å². The fourth-order valence-electron chi connectivity index (χ4n) is 3.23. The van der Waals surface area contributed by atoms with Crippen LogP contribution in [0.3, 0.4) is 0 Å².